The molecule has 0 radical (unpaired) electrons. The summed E-state index contributed by atoms with van der Waals surface area (Å²) in [6.07, 6.45) is 5.28. The molecule has 0 saturated heterocycles. The molecule has 1 fully saturated rings. The molecule has 1 aromatic heterocycles. The van der Waals surface area contributed by atoms with E-state index in [2.05, 4.69) is 20.9 Å². The van der Waals surface area contributed by atoms with Gasteiger partial charge in [-0.2, -0.15) is 0 Å². The van der Waals surface area contributed by atoms with Crippen LogP contribution in [0, 0.1) is 5.92 Å². The molecule has 1 aliphatic rings. The van der Waals surface area contributed by atoms with Crippen LogP contribution in [0.3, 0.4) is 0 Å². The molecule has 0 unspecified atom stereocenters. The van der Waals surface area contributed by atoms with E-state index in [0.29, 0.717) is 13.1 Å². The van der Waals surface area contributed by atoms with E-state index >= 15 is 0 Å². The quantitative estimate of drug-likeness (QED) is 0.603. The monoisotopic (exact) mass is 334 g/mol. The highest BCUT2D eigenvalue weighted by Crippen LogP contribution is 2.27. The van der Waals surface area contributed by atoms with Crippen molar-refractivity contribution in [2.45, 2.75) is 19.3 Å². The average molecular weight is 335 g/mol. The maximum absolute atomic E-state index is 11.5. The summed E-state index contributed by atoms with van der Waals surface area (Å²) in [5, 5.41) is 9.28. The second kappa shape index (κ2) is 11.6. The molecule has 1 saturated carbocycles. The largest absolute Gasteiger partial charge is 0.370 e. The topological polar surface area (TPSA) is 66.1 Å². The van der Waals surface area contributed by atoms with Gasteiger partial charge in [0.1, 0.15) is 5.82 Å². The van der Waals surface area contributed by atoms with Crippen LogP contribution in [0.4, 0.5) is 5.82 Å². The Labute approximate surface area is 138 Å². The zero-order chi connectivity index (χ0) is 13.3. The minimum atomic E-state index is 0. The van der Waals surface area contributed by atoms with Crippen LogP contribution in [-0.4, -0.2) is 37.1 Å². The van der Waals surface area contributed by atoms with Gasteiger partial charge in [-0.25, -0.2) is 4.98 Å². The zero-order valence-electron chi connectivity index (χ0n) is 12.0. The highest BCUT2D eigenvalue weighted by molar-refractivity contribution is 5.85. The SMILES string of the molecule is Cl.Cl.O=C(CNCC1CC1)NCCCNc1ccccn1. The fraction of sp³-hybridized carbons (Fsp3) is 0.571. The highest BCUT2D eigenvalue weighted by atomic mass is 35.5. The molecule has 120 valence electrons. The van der Waals surface area contributed by atoms with Crippen LogP contribution >= 0.6 is 24.8 Å². The lowest BCUT2D eigenvalue weighted by molar-refractivity contribution is -0.120. The lowest BCUT2D eigenvalue weighted by atomic mass is 10.4. The number of carbonyl (C=O) groups is 1. The number of hydrogen-bond donors (Lipinski definition) is 3. The third kappa shape index (κ3) is 9.50. The summed E-state index contributed by atoms with van der Waals surface area (Å²) in [6, 6.07) is 5.77. The number of hydrogen-bond acceptors (Lipinski definition) is 4. The van der Waals surface area contributed by atoms with Crippen LogP contribution in [0.2, 0.25) is 0 Å². The van der Waals surface area contributed by atoms with E-state index < -0.39 is 0 Å². The summed E-state index contributed by atoms with van der Waals surface area (Å²) in [7, 11) is 0. The first-order valence-corrected chi connectivity index (χ1v) is 6.97. The van der Waals surface area contributed by atoms with Crippen LogP contribution < -0.4 is 16.0 Å². The lowest BCUT2D eigenvalue weighted by Crippen LogP contribution is -2.35. The van der Waals surface area contributed by atoms with Gasteiger partial charge in [0, 0.05) is 19.3 Å². The number of nitrogens with one attached hydrogen (secondary N) is 3. The number of pyridine rings is 1. The Morgan fingerprint density at radius 2 is 2.05 bits per heavy atom. The number of anilines is 1. The van der Waals surface area contributed by atoms with Gasteiger partial charge in [0.05, 0.1) is 6.54 Å². The summed E-state index contributed by atoms with van der Waals surface area (Å²) in [6.45, 7) is 2.93. The number of amides is 1. The Balaban J connectivity index is 0.00000200. The second-order valence-electron chi connectivity index (χ2n) is 4.92. The van der Waals surface area contributed by atoms with E-state index in [1.807, 2.05) is 18.2 Å². The molecule has 0 atom stereocenters. The highest BCUT2D eigenvalue weighted by Gasteiger charge is 2.20. The third-order valence-electron chi connectivity index (χ3n) is 3.06. The molecule has 3 N–H and O–H groups in total. The van der Waals surface area contributed by atoms with Crippen LogP contribution in [0.1, 0.15) is 19.3 Å². The molecule has 1 amide bonds. The van der Waals surface area contributed by atoms with Gasteiger partial charge in [-0.3, -0.25) is 4.79 Å². The molecule has 1 aromatic rings. The van der Waals surface area contributed by atoms with E-state index in [9.17, 15) is 4.79 Å². The minimum Gasteiger partial charge on any atom is -0.370 e. The number of carbonyl (C=O) groups excluding carboxylic acids is 1. The van der Waals surface area contributed by atoms with E-state index in [0.717, 1.165) is 31.2 Å². The first-order valence-electron chi connectivity index (χ1n) is 6.97. The van der Waals surface area contributed by atoms with Crippen molar-refractivity contribution in [3.63, 3.8) is 0 Å². The molecule has 0 aliphatic heterocycles. The van der Waals surface area contributed by atoms with Crippen LogP contribution in [-0.2, 0) is 4.79 Å². The van der Waals surface area contributed by atoms with Crippen molar-refractivity contribution >= 4 is 36.5 Å². The van der Waals surface area contributed by atoms with Gasteiger partial charge in [-0.15, -0.1) is 24.8 Å². The lowest BCUT2D eigenvalue weighted by Gasteiger charge is -2.07. The van der Waals surface area contributed by atoms with Crippen molar-refractivity contribution in [3.8, 4) is 0 Å². The summed E-state index contributed by atoms with van der Waals surface area (Å²) in [4.78, 5) is 15.6. The normalized spacial score (nSPS) is 12.8. The fourth-order valence-corrected chi connectivity index (χ4v) is 1.77. The van der Waals surface area contributed by atoms with E-state index in [-0.39, 0.29) is 30.7 Å². The zero-order valence-corrected chi connectivity index (χ0v) is 13.6. The van der Waals surface area contributed by atoms with Crippen molar-refractivity contribution in [2.75, 3.05) is 31.5 Å². The van der Waals surface area contributed by atoms with Crippen LogP contribution in [0.25, 0.3) is 0 Å². The van der Waals surface area contributed by atoms with Crippen molar-refractivity contribution in [3.05, 3.63) is 24.4 Å². The first kappa shape index (κ1) is 20.0. The molecule has 0 spiro atoms. The van der Waals surface area contributed by atoms with Gasteiger partial charge < -0.3 is 16.0 Å². The maximum atomic E-state index is 11.5. The van der Waals surface area contributed by atoms with E-state index in [1.54, 1.807) is 6.20 Å². The van der Waals surface area contributed by atoms with Crippen LogP contribution in [0.5, 0.6) is 0 Å². The molecular formula is C14H24Cl2N4O. The summed E-state index contributed by atoms with van der Waals surface area (Å²) in [5.74, 6) is 1.77. The van der Waals surface area contributed by atoms with Crippen molar-refractivity contribution in [1.82, 2.24) is 15.6 Å². The third-order valence-corrected chi connectivity index (χ3v) is 3.06. The predicted octanol–water partition coefficient (Wildman–Crippen LogP) is 1.84. The molecule has 0 bridgehead atoms. The summed E-state index contributed by atoms with van der Waals surface area (Å²) in [5.41, 5.74) is 0. The average Bonchev–Trinajstić information content (AvgIpc) is 3.24. The van der Waals surface area contributed by atoms with Crippen LogP contribution in [0.15, 0.2) is 24.4 Å². The molecular weight excluding hydrogens is 311 g/mol. The Hall–Kier alpha value is -1.04. The Morgan fingerprint density at radius 3 is 2.71 bits per heavy atom. The van der Waals surface area contributed by atoms with Gasteiger partial charge in [-0.05, 0) is 43.9 Å². The second-order valence-corrected chi connectivity index (χ2v) is 4.92. The molecule has 1 aliphatic carbocycles. The van der Waals surface area contributed by atoms with Gasteiger partial charge in [-0.1, -0.05) is 6.07 Å². The van der Waals surface area contributed by atoms with Gasteiger partial charge >= 0.3 is 0 Å². The first-order chi connectivity index (χ1) is 9.34. The summed E-state index contributed by atoms with van der Waals surface area (Å²) >= 11 is 0. The Kier molecular flexibility index (Phi) is 11.0. The van der Waals surface area contributed by atoms with Crippen molar-refractivity contribution < 1.29 is 4.79 Å². The maximum Gasteiger partial charge on any atom is 0.233 e. The molecule has 21 heavy (non-hydrogen) atoms. The number of halogens is 2. The number of aromatic nitrogens is 1. The Morgan fingerprint density at radius 1 is 1.24 bits per heavy atom. The van der Waals surface area contributed by atoms with Crippen molar-refractivity contribution in [2.24, 2.45) is 5.92 Å². The molecule has 1 heterocycles. The minimum absolute atomic E-state index is 0. The van der Waals surface area contributed by atoms with Gasteiger partial charge in [0.25, 0.3) is 0 Å². The van der Waals surface area contributed by atoms with E-state index in [4.69, 9.17) is 0 Å². The van der Waals surface area contributed by atoms with Gasteiger partial charge in [0.2, 0.25) is 5.91 Å². The smallest absolute Gasteiger partial charge is 0.233 e. The molecule has 0 aromatic carbocycles. The molecule has 5 nitrogen and oxygen atoms in total. The standard InChI is InChI=1S/C14H22N4O.2ClH/c19-14(11-15-10-12-5-6-12)18-9-3-8-17-13-4-1-2-7-16-13;;/h1-2,4,7,12,15H,3,5-6,8-11H2,(H,16,17)(H,18,19);2*1H. The van der Waals surface area contributed by atoms with E-state index in [1.165, 1.54) is 12.8 Å². The number of rotatable bonds is 9. The molecule has 2 rings (SSSR count). The Bertz CT molecular complexity index is 388. The number of nitrogens with zero attached hydrogens (tertiary/aromatic N) is 1. The van der Waals surface area contributed by atoms with Crippen molar-refractivity contribution in [1.29, 1.82) is 0 Å². The van der Waals surface area contributed by atoms with Gasteiger partial charge in [0.15, 0.2) is 0 Å². The summed E-state index contributed by atoms with van der Waals surface area (Å²) < 4.78 is 0. The fourth-order valence-electron chi connectivity index (χ4n) is 1.77. The predicted molar refractivity (Wildman–Crippen MR) is 90.4 cm³/mol. The molecule has 7 heteroatoms.